The molecule has 0 saturated heterocycles. The van der Waals surface area contributed by atoms with Gasteiger partial charge in [-0.05, 0) is 43.0 Å². The second-order valence-corrected chi connectivity index (χ2v) is 7.77. The van der Waals surface area contributed by atoms with Gasteiger partial charge in [0.05, 0.1) is 23.2 Å². The van der Waals surface area contributed by atoms with Gasteiger partial charge in [-0.15, -0.1) is 0 Å². The van der Waals surface area contributed by atoms with Crippen molar-refractivity contribution in [3.8, 4) is 0 Å². The number of aliphatic hydroxyl groups is 1. The van der Waals surface area contributed by atoms with E-state index in [4.69, 9.17) is 11.6 Å². The second kappa shape index (κ2) is 7.07. The Labute approximate surface area is 159 Å². The van der Waals surface area contributed by atoms with E-state index >= 15 is 0 Å². The number of aryl methyl sites for hydroxylation is 1. The van der Waals surface area contributed by atoms with Gasteiger partial charge >= 0.3 is 0 Å². The number of fused-ring (bicyclic) bond motifs is 2. The molecule has 26 heavy (non-hydrogen) atoms. The van der Waals surface area contributed by atoms with Crippen molar-refractivity contribution in [2.24, 2.45) is 0 Å². The van der Waals surface area contributed by atoms with Gasteiger partial charge in [-0.3, -0.25) is 4.90 Å². The Morgan fingerprint density at radius 3 is 2.62 bits per heavy atom. The summed E-state index contributed by atoms with van der Waals surface area (Å²) in [6, 6.07) is 14.6. The van der Waals surface area contributed by atoms with Crippen LogP contribution in [0.1, 0.15) is 22.4 Å². The van der Waals surface area contributed by atoms with Crippen molar-refractivity contribution < 1.29 is 5.11 Å². The lowest BCUT2D eigenvalue weighted by atomic mass is 10.00. The Kier molecular flexibility index (Phi) is 4.78. The summed E-state index contributed by atoms with van der Waals surface area (Å²) in [6.07, 6.45) is 0.629. The third kappa shape index (κ3) is 3.16. The largest absolute Gasteiger partial charge is 0.390 e. The molecule has 0 unspecified atom stereocenters. The van der Waals surface area contributed by atoms with E-state index in [1.165, 1.54) is 27.8 Å². The smallest absolute Gasteiger partial charge is 0.0845 e. The predicted molar refractivity (Wildman–Crippen MR) is 108 cm³/mol. The number of aliphatic hydroxyl groups excluding tert-OH is 1. The average Bonchev–Trinajstić information content (AvgIpc) is 2.88. The highest BCUT2D eigenvalue weighted by molar-refractivity contribution is 6.35. The fourth-order valence-corrected chi connectivity index (χ4v) is 4.44. The number of aromatic nitrogens is 1. The van der Waals surface area contributed by atoms with Crippen molar-refractivity contribution in [3.63, 3.8) is 0 Å². The molecule has 3 nitrogen and oxygen atoms in total. The number of hydrogen-bond acceptors (Lipinski definition) is 2. The van der Waals surface area contributed by atoms with E-state index in [2.05, 4.69) is 53.6 Å². The number of rotatable bonds is 4. The molecule has 2 heterocycles. The van der Waals surface area contributed by atoms with Crippen LogP contribution in [0.15, 0.2) is 42.5 Å². The summed E-state index contributed by atoms with van der Waals surface area (Å²) in [5.41, 5.74) is 6.27. The quantitative estimate of drug-likeness (QED) is 0.742. The zero-order valence-corrected chi connectivity index (χ0v) is 16.1. The highest BCUT2D eigenvalue weighted by Gasteiger charge is 2.21. The Bertz CT molecular complexity index is 947. The summed E-state index contributed by atoms with van der Waals surface area (Å²) in [4.78, 5) is 2.35. The Morgan fingerprint density at radius 2 is 1.81 bits per heavy atom. The summed E-state index contributed by atoms with van der Waals surface area (Å²) in [7, 11) is 0. The summed E-state index contributed by atoms with van der Waals surface area (Å²) in [6.45, 7) is 7.39. The lowest BCUT2D eigenvalue weighted by Crippen LogP contribution is -2.38. The molecule has 1 atom stereocenters. The van der Waals surface area contributed by atoms with Gasteiger partial charge in [-0.1, -0.05) is 48.0 Å². The molecule has 0 spiro atoms. The van der Waals surface area contributed by atoms with Crippen LogP contribution in [0.25, 0.3) is 10.9 Å². The molecule has 0 aliphatic carbocycles. The fraction of sp³-hybridized carbons (Fsp3) is 0.364. The minimum Gasteiger partial charge on any atom is -0.390 e. The number of nitrogens with zero attached hydrogens (tertiary/aromatic N) is 2. The summed E-state index contributed by atoms with van der Waals surface area (Å²) in [5, 5.41) is 12.7. The van der Waals surface area contributed by atoms with Crippen LogP contribution in [0.2, 0.25) is 5.02 Å². The van der Waals surface area contributed by atoms with Gasteiger partial charge in [0.2, 0.25) is 0 Å². The maximum absolute atomic E-state index is 10.8. The Balaban J connectivity index is 1.52. The van der Waals surface area contributed by atoms with Crippen molar-refractivity contribution >= 4 is 22.5 Å². The maximum Gasteiger partial charge on any atom is 0.0845 e. The molecule has 4 rings (SSSR count). The number of hydrogen-bond donors (Lipinski definition) is 1. The van der Waals surface area contributed by atoms with E-state index in [9.17, 15) is 5.11 Å². The van der Waals surface area contributed by atoms with Crippen molar-refractivity contribution in [1.82, 2.24) is 9.47 Å². The molecular weight excluding hydrogens is 344 g/mol. The minimum atomic E-state index is -0.426. The summed E-state index contributed by atoms with van der Waals surface area (Å²) < 4.78 is 2.18. The molecule has 1 aliphatic rings. The average molecular weight is 369 g/mol. The molecule has 1 aromatic heterocycles. The van der Waals surface area contributed by atoms with Gasteiger partial charge in [-0.2, -0.15) is 0 Å². The van der Waals surface area contributed by atoms with Crippen LogP contribution in [-0.2, 0) is 19.5 Å². The molecule has 3 aromatic rings. The molecule has 0 amide bonds. The van der Waals surface area contributed by atoms with Gasteiger partial charge in [0.1, 0.15) is 0 Å². The van der Waals surface area contributed by atoms with E-state index in [0.29, 0.717) is 13.1 Å². The van der Waals surface area contributed by atoms with Crippen molar-refractivity contribution in [2.75, 3.05) is 13.1 Å². The first-order chi connectivity index (χ1) is 12.5. The molecule has 0 fully saturated rings. The highest BCUT2D eigenvalue weighted by Crippen LogP contribution is 2.31. The van der Waals surface area contributed by atoms with Crippen LogP contribution >= 0.6 is 11.6 Å². The molecule has 0 radical (unpaired) electrons. The zero-order chi connectivity index (χ0) is 18.3. The molecule has 0 bridgehead atoms. The van der Waals surface area contributed by atoms with E-state index in [0.717, 1.165) is 30.0 Å². The first kappa shape index (κ1) is 17.6. The van der Waals surface area contributed by atoms with Crippen LogP contribution < -0.4 is 0 Å². The van der Waals surface area contributed by atoms with Crippen LogP contribution in [0.4, 0.5) is 0 Å². The first-order valence-corrected chi connectivity index (χ1v) is 9.63. The Morgan fingerprint density at radius 1 is 1.04 bits per heavy atom. The molecule has 2 aromatic carbocycles. The third-order valence-corrected chi connectivity index (χ3v) is 5.99. The molecule has 136 valence electrons. The highest BCUT2D eigenvalue weighted by atomic mass is 35.5. The van der Waals surface area contributed by atoms with Crippen LogP contribution in [-0.4, -0.2) is 33.8 Å². The van der Waals surface area contributed by atoms with E-state index < -0.39 is 6.10 Å². The summed E-state index contributed by atoms with van der Waals surface area (Å²) in [5.74, 6) is 0. The van der Waals surface area contributed by atoms with Gasteiger partial charge in [0.15, 0.2) is 0 Å². The number of benzene rings is 2. The van der Waals surface area contributed by atoms with Gasteiger partial charge < -0.3 is 9.67 Å². The van der Waals surface area contributed by atoms with Crippen molar-refractivity contribution in [1.29, 1.82) is 0 Å². The van der Waals surface area contributed by atoms with Gasteiger partial charge in [0.25, 0.3) is 0 Å². The molecule has 1 N–H and O–H groups in total. The van der Waals surface area contributed by atoms with E-state index in [1.807, 2.05) is 12.1 Å². The molecular formula is C22H25ClN2O. The van der Waals surface area contributed by atoms with Crippen molar-refractivity contribution in [2.45, 2.75) is 39.5 Å². The number of β-amino-alcohol motifs (C(OH)–C–C–N with tert-alkyl or cyclic N) is 1. The fourth-order valence-electron chi connectivity index (χ4n) is 4.16. The maximum atomic E-state index is 10.8. The normalized spacial score (nSPS) is 16.0. The standard InChI is InChI=1S/C22H25ClN2O/c1-15-16(2)25(22-20(15)8-5-9-21(22)23)14-19(26)13-24-11-10-17-6-3-4-7-18(17)12-24/h3-9,19,26H,10-14H2,1-2H3/t19-/m0/s1. The third-order valence-electron chi connectivity index (χ3n) is 5.68. The van der Waals surface area contributed by atoms with Crippen LogP contribution in [0.5, 0.6) is 0 Å². The molecule has 0 saturated carbocycles. The summed E-state index contributed by atoms with van der Waals surface area (Å²) >= 11 is 6.47. The van der Waals surface area contributed by atoms with E-state index in [1.54, 1.807) is 0 Å². The van der Waals surface area contributed by atoms with Crippen molar-refractivity contribution in [3.05, 3.63) is 69.9 Å². The van der Waals surface area contributed by atoms with Gasteiger partial charge in [-0.25, -0.2) is 0 Å². The number of para-hydroxylation sites is 1. The van der Waals surface area contributed by atoms with Crippen LogP contribution in [0.3, 0.4) is 0 Å². The predicted octanol–water partition coefficient (Wildman–Crippen LogP) is 4.33. The number of halogens is 1. The monoisotopic (exact) mass is 368 g/mol. The lowest BCUT2D eigenvalue weighted by molar-refractivity contribution is 0.0923. The SMILES string of the molecule is Cc1c(C)n(C[C@@H](O)CN2CCc3ccccc3C2)c2c(Cl)cccc12. The zero-order valence-electron chi connectivity index (χ0n) is 15.4. The molecule has 1 aliphatic heterocycles. The molecule has 4 heteroatoms. The first-order valence-electron chi connectivity index (χ1n) is 9.25. The Hall–Kier alpha value is -1.81. The van der Waals surface area contributed by atoms with E-state index in [-0.39, 0.29) is 0 Å². The second-order valence-electron chi connectivity index (χ2n) is 7.36. The minimum absolute atomic E-state index is 0.426. The lowest BCUT2D eigenvalue weighted by Gasteiger charge is -2.30. The van der Waals surface area contributed by atoms with Gasteiger partial charge in [0, 0.05) is 30.7 Å². The topological polar surface area (TPSA) is 28.4 Å². The van der Waals surface area contributed by atoms with Crippen LogP contribution in [0, 0.1) is 13.8 Å².